The van der Waals surface area contributed by atoms with Crippen LogP contribution in [0.25, 0.3) is 0 Å². The molecule has 2 saturated heterocycles. The Kier molecular flexibility index (Phi) is 4.06. The van der Waals surface area contributed by atoms with Gasteiger partial charge in [-0.15, -0.1) is 0 Å². The van der Waals surface area contributed by atoms with Gasteiger partial charge in [-0.05, 0) is 24.1 Å². The average Bonchev–Trinajstić information content (AvgIpc) is 2.47. The summed E-state index contributed by atoms with van der Waals surface area (Å²) in [6, 6.07) is 2.42. The van der Waals surface area contributed by atoms with Gasteiger partial charge < -0.3 is 10.2 Å². The van der Waals surface area contributed by atoms with Gasteiger partial charge >= 0.3 is 0 Å². The molecule has 118 valence electrons. The molecule has 1 unspecified atom stereocenters. The number of imide groups is 1. The number of piperazine rings is 1. The molecule has 1 atom stereocenters. The zero-order chi connectivity index (χ0) is 15.7. The summed E-state index contributed by atoms with van der Waals surface area (Å²) in [6.45, 7) is 2.42. The fourth-order valence-corrected chi connectivity index (χ4v) is 2.99. The Morgan fingerprint density at radius 1 is 1.09 bits per heavy atom. The second-order valence-corrected chi connectivity index (χ2v) is 5.57. The zero-order valence-electron chi connectivity index (χ0n) is 12.0. The van der Waals surface area contributed by atoms with Crippen molar-refractivity contribution in [3.63, 3.8) is 0 Å². The molecule has 2 N–H and O–H groups in total. The van der Waals surface area contributed by atoms with E-state index in [2.05, 4.69) is 10.6 Å². The molecule has 0 spiro atoms. The summed E-state index contributed by atoms with van der Waals surface area (Å²) in [4.78, 5) is 24.6. The number of hydrogen-bond donors (Lipinski definition) is 2. The van der Waals surface area contributed by atoms with Crippen LogP contribution in [0.15, 0.2) is 12.1 Å². The molecular formula is C15H17F2N3O2. The first-order valence-electron chi connectivity index (χ1n) is 7.34. The number of nitrogens with zero attached hydrogens (tertiary/aromatic N) is 1. The van der Waals surface area contributed by atoms with E-state index in [-0.39, 0.29) is 30.0 Å². The van der Waals surface area contributed by atoms with E-state index >= 15 is 0 Å². The molecule has 2 fully saturated rings. The standard InChI is InChI=1S/C15H17F2N3O2/c16-11-7-9(10-1-2-13(21)19-15(10)22)8-12(17)14(11)20-5-3-18-4-6-20/h7-8,10,18H,1-6H2,(H,19,21,22). The molecule has 2 aliphatic rings. The molecule has 0 saturated carbocycles. The molecular weight excluding hydrogens is 292 g/mol. The minimum atomic E-state index is -0.682. The van der Waals surface area contributed by atoms with Gasteiger partial charge in [0, 0.05) is 32.6 Å². The predicted molar refractivity (Wildman–Crippen MR) is 76.6 cm³/mol. The van der Waals surface area contributed by atoms with Crippen molar-refractivity contribution in [1.29, 1.82) is 0 Å². The van der Waals surface area contributed by atoms with Crippen LogP contribution in [-0.2, 0) is 9.59 Å². The van der Waals surface area contributed by atoms with Gasteiger partial charge in [0.05, 0.1) is 5.92 Å². The van der Waals surface area contributed by atoms with Gasteiger partial charge in [0.2, 0.25) is 11.8 Å². The van der Waals surface area contributed by atoms with Crippen LogP contribution in [0.4, 0.5) is 14.5 Å². The fourth-order valence-electron chi connectivity index (χ4n) is 2.99. The largest absolute Gasteiger partial charge is 0.364 e. The summed E-state index contributed by atoms with van der Waals surface area (Å²) in [5.74, 6) is -2.86. The van der Waals surface area contributed by atoms with Crippen molar-refractivity contribution in [3.05, 3.63) is 29.3 Å². The maximum atomic E-state index is 14.4. The zero-order valence-corrected chi connectivity index (χ0v) is 12.0. The Balaban J connectivity index is 1.88. The van der Waals surface area contributed by atoms with E-state index in [1.807, 2.05) is 0 Å². The highest BCUT2D eigenvalue weighted by atomic mass is 19.1. The Morgan fingerprint density at radius 2 is 1.73 bits per heavy atom. The van der Waals surface area contributed by atoms with Gasteiger partial charge in [-0.25, -0.2) is 8.78 Å². The average molecular weight is 309 g/mol. The number of rotatable bonds is 2. The van der Waals surface area contributed by atoms with Gasteiger partial charge in [0.15, 0.2) is 0 Å². The number of carbonyl (C=O) groups excluding carboxylic acids is 2. The highest BCUT2D eigenvalue weighted by molar-refractivity contribution is 6.00. The molecule has 7 heteroatoms. The molecule has 2 amide bonds. The molecule has 0 radical (unpaired) electrons. The molecule has 1 aromatic carbocycles. The van der Waals surface area contributed by atoms with Gasteiger partial charge in [-0.1, -0.05) is 0 Å². The number of nitrogens with one attached hydrogen (secondary N) is 2. The number of halogens is 2. The van der Waals surface area contributed by atoms with E-state index in [4.69, 9.17) is 0 Å². The number of anilines is 1. The molecule has 0 aromatic heterocycles. The summed E-state index contributed by atoms with van der Waals surface area (Å²) in [7, 11) is 0. The molecule has 2 aliphatic heterocycles. The molecule has 5 nitrogen and oxygen atoms in total. The van der Waals surface area contributed by atoms with E-state index in [1.165, 1.54) is 12.1 Å². The molecule has 2 heterocycles. The van der Waals surface area contributed by atoms with Crippen LogP contribution in [-0.4, -0.2) is 38.0 Å². The smallest absolute Gasteiger partial charge is 0.234 e. The monoisotopic (exact) mass is 309 g/mol. The lowest BCUT2D eigenvalue weighted by molar-refractivity contribution is -0.134. The van der Waals surface area contributed by atoms with Gasteiger partial charge in [0.1, 0.15) is 17.3 Å². The van der Waals surface area contributed by atoms with Crippen molar-refractivity contribution in [1.82, 2.24) is 10.6 Å². The summed E-state index contributed by atoms with van der Waals surface area (Å²) < 4.78 is 28.7. The van der Waals surface area contributed by atoms with Crippen LogP contribution in [0.2, 0.25) is 0 Å². The molecule has 0 aliphatic carbocycles. The van der Waals surface area contributed by atoms with Gasteiger partial charge in [-0.3, -0.25) is 14.9 Å². The maximum Gasteiger partial charge on any atom is 0.234 e. The highest BCUT2D eigenvalue weighted by Gasteiger charge is 2.30. The normalized spacial score (nSPS) is 22.6. The first-order chi connectivity index (χ1) is 10.6. The first kappa shape index (κ1) is 14.9. The Morgan fingerprint density at radius 3 is 2.32 bits per heavy atom. The van der Waals surface area contributed by atoms with Gasteiger partial charge in [-0.2, -0.15) is 0 Å². The van der Waals surface area contributed by atoms with Crippen molar-refractivity contribution < 1.29 is 18.4 Å². The van der Waals surface area contributed by atoms with Crippen LogP contribution < -0.4 is 15.5 Å². The predicted octanol–water partition coefficient (Wildman–Crippen LogP) is 0.895. The summed E-state index contributed by atoms with van der Waals surface area (Å²) in [6.07, 6.45) is 0.454. The third-order valence-electron chi connectivity index (χ3n) is 4.11. The lowest BCUT2D eigenvalue weighted by Gasteiger charge is -2.30. The van der Waals surface area contributed by atoms with Crippen molar-refractivity contribution in [2.24, 2.45) is 0 Å². The summed E-state index contributed by atoms with van der Waals surface area (Å²) in [5, 5.41) is 5.33. The van der Waals surface area contributed by atoms with Crippen molar-refractivity contribution in [3.8, 4) is 0 Å². The Labute approximate surface area is 126 Å². The first-order valence-corrected chi connectivity index (χ1v) is 7.34. The summed E-state index contributed by atoms with van der Waals surface area (Å²) >= 11 is 0. The fraction of sp³-hybridized carbons (Fsp3) is 0.467. The van der Waals surface area contributed by atoms with Crippen molar-refractivity contribution in [2.45, 2.75) is 18.8 Å². The lowest BCUT2D eigenvalue weighted by Crippen LogP contribution is -2.44. The third kappa shape index (κ3) is 2.81. The van der Waals surface area contributed by atoms with E-state index in [9.17, 15) is 18.4 Å². The summed E-state index contributed by atoms with van der Waals surface area (Å²) in [5.41, 5.74) is 0.233. The van der Waals surface area contributed by atoms with Crippen LogP contribution in [0.3, 0.4) is 0 Å². The SMILES string of the molecule is O=C1CCC(c2cc(F)c(N3CCNCC3)c(F)c2)C(=O)N1. The van der Waals surface area contributed by atoms with Crippen LogP contribution in [0.5, 0.6) is 0 Å². The number of amides is 2. The Hall–Kier alpha value is -2.02. The molecule has 1 aromatic rings. The van der Waals surface area contributed by atoms with Crippen LogP contribution >= 0.6 is 0 Å². The topological polar surface area (TPSA) is 61.4 Å². The maximum absolute atomic E-state index is 14.4. The van der Waals surface area contributed by atoms with Crippen LogP contribution in [0, 0.1) is 11.6 Å². The van der Waals surface area contributed by atoms with E-state index in [0.29, 0.717) is 26.2 Å². The number of hydrogen-bond acceptors (Lipinski definition) is 4. The third-order valence-corrected chi connectivity index (χ3v) is 4.11. The van der Waals surface area contributed by atoms with Crippen LogP contribution in [0.1, 0.15) is 24.3 Å². The molecule has 22 heavy (non-hydrogen) atoms. The second-order valence-electron chi connectivity index (χ2n) is 5.57. The molecule has 3 rings (SSSR count). The van der Waals surface area contributed by atoms with E-state index in [1.54, 1.807) is 4.90 Å². The van der Waals surface area contributed by atoms with E-state index in [0.717, 1.165) is 0 Å². The van der Waals surface area contributed by atoms with Crippen molar-refractivity contribution >= 4 is 17.5 Å². The quantitative estimate of drug-likeness (QED) is 0.797. The number of piperidine rings is 1. The molecule has 0 bridgehead atoms. The lowest BCUT2D eigenvalue weighted by atomic mass is 9.90. The van der Waals surface area contributed by atoms with Gasteiger partial charge in [0.25, 0.3) is 0 Å². The minimum Gasteiger partial charge on any atom is -0.364 e. The van der Waals surface area contributed by atoms with Crippen molar-refractivity contribution in [2.75, 3.05) is 31.1 Å². The minimum absolute atomic E-state index is 0.0439. The van der Waals surface area contributed by atoms with E-state index < -0.39 is 23.5 Å². The second kappa shape index (κ2) is 6.00. The number of carbonyl (C=O) groups is 2. The number of benzene rings is 1. The Bertz CT molecular complexity index is 592. The highest BCUT2D eigenvalue weighted by Crippen LogP contribution is 2.31.